The molecule has 0 aliphatic rings. The lowest BCUT2D eigenvalue weighted by Crippen LogP contribution is -1.95. The molecule has 0 bridgehead atoms. The van der Waals surface area contributed by atoms with Crippen molar-refractivity contribution in [3.63, 3.8) is 0 Å². The van der Waals surface area contributed by atoms with Crippen molar-refractivity contribution in [2.75, 3.05) is 0 Å². The minimum atomic E-state index is -0.245. The summed E-state index contributed by atoms with van der Waals surface area (Å²) in [7, 11) is 0. The molecule has 0 radical (unpaired) electrons. The van der Waals surface area contributed by atoms with Crippen LogP contribution in [0.25, 0.3) is 10.9 Å². The SMILES string of the molecule is CCCc1nc(Br)nc2ccc(F)cc12. The molecule has 0 spiro atoms. The number of hydrogen-bond donors (Lipinski definition) is 0. The summed E-state index contributed by atoms with van der Waals surface area (Å²) in [5.74, 6) is -0.245. The van der Waals surface area contributed by atoms with Gasteiger partial charge in [-0.15, -0.1) is 0 Å². The standard InChI is InChI=1S/C11H10BrFN2/c1-2-3-9-8-6-7(13)4-5-10(8)15-11(12)14-9/h4-6H,2-3H2,1H3. The summed E-state index contributed by atoms with van der Waals surface area (Å²) in [6.07, 6.45) is 1.82. The third-order valence-corrected chi connectivity index (χ3v) is 2.55. The zero-order valence-electron chi connectivity index (χ0n) is 8.30. The van der Waals surface area contributed by atoms with Crippen molar-refractivity contribution in [1.82, 2.24) is 9.97 Å². The topological polar surface area (TPSA) is 25.8 Å². The minimum Gasteiger partial charge on any atom is -0.227 e. The first-order valence-corrected chi connectivity index (χ1v) is 5.61. The summed E-state index contributed by atoms with van der Waals surface area (Å²) in [6, 6.07) is 4.58. The molecule has 0 unspecified atom stereocenters. The van der Waals surface area contributed by atoms with Crippen molar-refractivity contribution < 1.29 is 4.39 Å². The van der Waals surface area contributed by atoms with Crippen molar-refractivity contribution in [3.05, 3.63) is 34.4 Å². The fourth-order valence-electron chi connectivity index (χ4n) is 1.56. The van der Waals surface area contributed by atoms with Gasteiger partial charge in [0.05, 0.1) is 11.2 Å². The molecule has 0 aliphatic carbocycles. The lowest BCUT2D eigenvalue weighted by Gasteiger charge is -2.04. The van der Waals surface area contributed by atoms with E-state index in [9.17, 15) is 4.39 Å². The van der Waals surface area contributed by atoms with E-state index in [4.69, 9.17) is 0 Å². The van der Waals surface area contributed by atoms with Crippen LogP contribution in [0.3, 0.4) is 0 Å². The second kappa shape index (κ2) is 4.23. The van der Waals surface area contributed by atoms with Gasteiger partial charge in [-0.05, 0) is 40.5 Å². The first-order chi connectivity index (χ1) is 7.20. The molecule has 1 aromatic carbocycles. The van der Waals surface area contributed by atoms with Crippen LogP contribution in [0.15, 0.2) is 22.9 Å². The third-order valence-electron chi connectivity index (χ3n) is 2.20. The summed E-state index contributed by atoms with van der Waals surface area (Å²) < 4.78 is 13.7. The number of aryl methyl sites for hydroxylation is 1. The normalized spacial score (nSPS) is 10.9. The van der Waals surface area contributed by atoms with Gasteiger partial charge in [0, 0.05) is 5.39 Å². The maximum Gasteiger partial charge on any atom is 0.197 e. The lowest BCUT2D eigenvalue weighted by molar-refractivity contribution is 0.629. The molecule has 1 aromatic heterocycles. The summed E-state index contributed by atoms with van der Waals surface area (Å²) in [5, 5.41) is 0.806. The zero-order valence-corrected chi connectivity index (χ0v) is 9.88. The van der Waals surface area contributed by atoms with Crippen LogP contribution in [0.2, 0.25) is 0 Å². The first-order valence-electron chi connectivity index (χ1n) is 4.82. The van der Waals surface area contributed by atoms with E-state index < -0.39 is 0 Å². The number of hydrogen-bond acceptors (Lipinski definition) is 2. The quantitative estimate of drug-likeness (QED) is 0.780. The zero-order chi connectivity index (χ0) is 10.8. The van der Waals surface area contributed by atoms with Crippen LogP contribution < -0.4 is 0 Å². The van der Waals surface area contributed by atoms with Crippen molar-refractivity contribution in [1.29, 1.82) is 0 Å². The molecular weight excluding hydrogens is 259 g/mol. The minimum absolute atomic E-state index is 0.245. The summed E-state index contributed by atoms with van der Waals surface area (Å²) >= 11 is 3.26. The predicted molar refractivity (Wildman–Crippen MR) is 61.2 cm³/mol. The van der Waals surface area contributed by atoms with E-state index >= 15 is 0 Å². The van der Waals surface area contributed by atoms with Gasteiger partial charge < -0.3 is 0 Å². The lowest BCUT2D eigenvalue weighted by atomic mass is 10.1. The van der Waals surface area contributed by atoms with Crippen LogP contribution in [-0.2, 0) is 6.42 Å². The van der Waals surface area contributed by atoms with Crippen LogP contribution in [0, 0.1) is 5.82 Å². The van der Waals surface area contributed by atoms with E-state index in [1.54, 1.807) is 6.07 Å². The highest BCUT2D eigenvalue weighted by Gasteiger charge is 2.06. The summed E-state index contributed by atoms with van der Waals surface area (Å²) in [6.45, 7) is 2.07. The Bertz CT molecular complexity index is 499. The molecule has 4 heteroatoms. The Balaban J connectivity index is 2.70. The highest BCUT2D eigenvalue weighted by Crippen LogP contribution is 2.20. The number of rotatable bonds is 2. The van der Waals surface area contributed by atoms with Gasteiger partial charge in [-0.2, -0.15) is 0 Å². The number of aromatic nitrogens is 2. The van der Waals surface area contributed by atoms with Crippen molar-refractivity contribution in [3.8, 4) is 0 Å². The fourth-order valence-corrected chi connectivity index (χ4v) is 1.97. The molecule has 0 saturated carbocycles. The van der Waals surface area contributed by atoms with Gasteiger partial charge >= 0.3 is 0 Å². The van der Waals surface area contributed by atoms with Crippen LogP contribution in [0.1, 0.15) is 19.0 Å². The number of fused-ring (bicyclic) bond motifs is 1. The van der Waals surface area contributed by atoms with Crippen LogP contribution in [0.4, 0.5) is 4.39 Å². The van der Waals surface area contributed by atoms with Gasteiger partial charge in [-0.3, -0.25) is 0 Å². The Labute approximate surface area is 95.7 Å². The molecule has 0 N–H and O–H groups in total. The monoisotopic (exact) mass is 268 g/mol. The summed E-state index contributed by atoms with van der Waals surface area (Å²) in [4.78, 5) is 8.47. The van der Waals surface area contributed by atoms with E-state index in [1.165, 1.54) is 12.1 Å². The van der Waals surface area contributed by atoms with Crippen molar-refractivity contribution in [2.45, 2.75) is 19.8 Å². The fraction of sp³-hybridized carbons (Fsp3) is 0.273. The van der Waals surface area contributed by atoms with E-state index in [0.717, 1.165) is 29.4 Å². The molecule has 0 amide bonds. The van der Waals surface area contributed by atoms with Crippen molar-refractivity contribution >= 4 is 26.8 Å². The van der Waals surface area contributed by atoms with Gasteiger partial charge in [0.1, 0.15) is 5.82 Å². The van der Waals surface area contributed by atoms with E-state index in [2.05, 4.69) is 32.8 Å². The predicted octanol–water partition coefficient (Wildman–Crippen LogP) is 3.48. The number of halogens is 2. The van der Waals surface area contributed by atoms with Gasteiger partial charge in [-0.25, -0.2) is 14.4 Å². The molecule has 0 atom stereocenters. The van der Waals surface area contributed by atoms with E-state index in [0.29, 0.717) is 4.73 Å². The average molecular weight is 269 g/mol. The first kappa shape index (κ1) is 10.5. The maximum atomic E-state index is 13.1. The molecule has 2 rings (SSSR count). The van der Waals surface area contributed by atoms with Gasteiger partial charge in [0.15, 0.2) is 4.73 Å². The van der Waals surface area contributed by atoms with Gasteiger partial charge in [0.25, 0.3) is 0 Å². The second-order valence-electron chi connectivity index (χ2n) is 3.35. The highest BCUT2D eigenvalue weighted by molar-refractivity contribution is 9.10. The molecule has 0 fully saturated rings. The third kappa shape index (κ3) is 2.15. The molecule has 0 aliphatic heterocycles. The molecule has 15 heavy (non-hydrogen) atoms. The molecule has 1 heterocycles. The van der Waals surface area contributed by atoms with Crippen molar-refractivity contribution in [2.24, 2.45) is 0 Å². The Morgan fingerprint density at radius 1 is 1.33 bits per heavy atom. The van der Waals surface area contributed by atoms with Gasteiger partial charge in [0.2, 0.25) is 0 Å². The number of benzene rings is 1. The summed E-state index contributed by atoms with van der Waals surface area (Å²) in [5.41, 5.74) is 1.68. The molecular formula is C11H10BrFN2. The van der Waals surface area contributed by atoms with E-state index in [-0.39, 0.29) is 5.82 Å². The molecule has 78 valence electrons. The van der Waals surface area contributed by atoms with Gasteiger partial charge in [-0.1, -0.05) is 13.3 Å². The Hall–Kier alpha value is -1.03. The molecule has 2 nitrogen and oxygen atoms in total. The smallest absolute Gasteiger partial charge is 0.197 e. The Morgan fingerprint density at radius 3 is 2.87 bits per heavy atom. The molecule has 0 saturated heterocycles. The highest BCUT2D eigenvalue weighted by atomic mass is 79.9. The van der Waals surface area contributed by atoms with Crippen LogP contribution in [-0.4, -0.2) is 9.97 Å². The Kier molecular flexibility index (Phi) is 2.95. The largest absolute Gasteiger partial charge is 0.227 e. The van der Waals surface area contributed by atoms with Crippen LogP contribution >= 0.6 is 15.9 Å². The van der Waals surface area contributed by atoms with Crippen LogP contribution in [0.5, 0.6) is 0 Å². The molecule has 2 aromatic rings. The van der Waals surface area contributed by atoms with E-state index in [1.807, 2.05) is 0 Å². The second-order valence-corrected chi connectivity index (χ2v) is 4.06. The number of nitrogens with zero attached hydrogens (tertiary/aromatic N) is 2. The Morgan fingerprint density at radius 2 is 2.13 bits per heavy atom. The average Bonchev–Trinajstić information content (AvgIpc) is 2.19. The maximum absolute atomic E-state index is 13.1.